The molecule has 1 N–H and O–H groups in total. The minimum Gasteiger partial charge on any atom is -0.478 e. The van der Waals surface area contributed by atoms with Crippen molar-refractivity contribution in [2.24, 2.45) is 0 Å². The molecule has 9 heteroatoms. The Kier molecular flexibility index (Phi) is 7.33. The first kappa shape index (κ1) is 25.0. The van der Waals surface area contributed by atoms with Crippen molar-refractivity contribution in [3.8, 4) is 16.2 Å². The Bertz CT molecular complexity index is 1170. The summed E-state index contributed by atoms with van der Waals surface area (Å²) in [5.74, 6) is -0.769. The van der Waals surface area contributed by atoms with E-state index in [4.69, 9.17) is 4.74 Å². The van der Waals surface area contributed by atoms with Crippen LogP contribution in [0.3, 0.4) is 0 Å². The Morgan fingerprint density at radius 3 is 2.27 bits per heavy atom. The first-order valence-corrected chi connectivity index (χ1v) is 11.5. The summed E-state index contributed by atoms with van der Waals surface area (Å²) in [5, 5.41) is 9.20. The van der Waals surface area contributed by atoms with Gasteiger partial charge in [-0.1, -0.05) is 18.2 Å². The average molecular weight is 541 g/mol. The number of alkyl halides is 3. The summed E-state index contributed by atoms with van der Waals surface area (Å²) in [6.07, 6.45) is -3.67. The topological polar surface area (TPSA) is 63.6 Å². The number of hydrogen-bond donors (Lipinski definition) is 1. The lowest BCUT2D eigenvalue weighted by Gasteiger charge is -2.22. The van der Waals surface area contributed by atoms with Crippen molar-refractivity contribution >= 4 is 39.0 Å². The Labute approximate surface area is 201 Å². The first-order valence-electron chi connectivity index (χ1n) is 9.88. The molecule has 0 radical (unpaired) electrons. The van der Waals surface area contributed by atoms with Crippen molar-refractivity contribution < 1.29 is 32.6 Å². The molecule has 2 aromatic carbocycles. The fourth-order valence-corrected chi connectivity index (χ4v) is 4.43. The van der Waals surface area contributed by atoms with Crippen LogP contribution in [-0.4, -0.2) is 22.5 Å². The minimum atomic E-state index is -4.39. The zero-order valence-electron chi connectivity index (χ0n) is 17.7. The number of hydrogen-bond acceptors (Lipinski definition) is 4. The highest BCUT2D eigenvalue weighted by molar-refractivity contribution is 9.10. The van der Waals surface area contributed by atoms with E-state index in [1.165, 1.54) is 37.3 Å². The van der Waals surface area contributed by atoms with Crippen molar-refractivity contribution in [1.29, 1.82) is 0 Å². The maximum atomic E-state index is 12.7. The van der Waals surface area contributed by atoms with Gasteiger partial charge in [-0.25, -0.2) is 4.79 Å². The lowest BCUT2D eigenvalue weighted by molar-refractivity contribution is -0.152. The molecule has 0 saturated heterocycles. The molecule has 3 rings (SSSR count). The Hall–Kier alpha value is -2.65. The monoisotopic (exact) mass is 540 g/mol. The van der Waals surface area contributed by atoms with Gasteiger partial charge in [-0.3, -0.25) is 4.79 Å². The smallest absolute Gasteiger partial charge is 0.416 e. The van der Waals surface area contributed by atoms with Crippen LogP contribution < -0.4 is 4.74 Å². The Morgan fingerprint density at radius 2 is 1.70 bits per heavy atom. The van der Waals surface area contributed by atoms with Crippen molar-refractivity contribution in [1.82, 2.24) is 0 Å². The number of thiophene rings is 1. The molecule has 3 aromatic rings. The standard InChI is InChI=1S/C24H20BrF3O4S/c1-23(2,22(30)31)32-19-10-4-14(13-17(19)25)3-9-18(29)21-12-11-20(33-21)15-5-7-16(8-6-15)24(26,27)28/h4-8,10-13H,3,9H2,1-2H3,(H,30,31). The van der Waals surface area contributed by atoms with Crippen LogP contribution in [0.25, 0.3) is 10.4 Å². The number of rotatable bonds is 8. The largest absolute Gasteiger partial charge is 0.478 e. The first-order chi connectivity index (χ1) is 15.4. The van der Waals surface area contributed by atoms with E-state index in [-0.39, 0.29) is 12.2 Å². The molecule has 0 amide bonds. The van der Waals surface area contributed by atoms with Crippen molar-refractivity contribution in [2.45, 2.75) is 38.5 Å². The van der Waals surface area contributed by atoms with Gasteiger partial charge in [0.05, 0.1) is 14.9 Å². The number of benzene rings is 2. The number of carboxylic acid groups (broad SMARTS) is 1. The predicted molar refractivity (Wildman–Crippen MR) is 124 cm³/mol. The molecule has 0 fully saturated rings. The number of aliphatic carboxylic acids is 1. The molecule has 0 saturated carbocycles. The number of aryl methyl sites for hydroxylation is 1. The summed E-state index contributed by atoms with van der Waals surface area (Å²) in [6.45, 7) is 2.91. The van der Waals surface area contributed by atoms with E-state index in [1.54, 1.807) is 30.3 Å². The maximum absolute atomic E-state index is 12.7. The number of Topliss-reactive ketones (excluding diaryl/α,β-unsaturated/α-hetero) is 1. The lowest BCUT2D eigenvalue weighted by atomic mass is 10.1. The molecule has 1 heterocycles. The normalized spacial score (nSPS) is 11.9. The Morgan fingerprint density at radius 1 is 1.03 bits per heavy atom. The molecule has 1 aromatic heterocycles. The molecule has 33 heavy (non-hydrogen) atoms. The molecule has 174 valence electrons. The number of ether oxygens (including phenoxy) is 1. The number of carbonyl (C=O) groups is 2. The van der Waals surface area contributed by atoms with Gasteiger partial charge < -0.3 is 9.84 Å². The van der Waals surface area contributed by atoms with E-state index in [1.807, 2.05) is 0 Å². The summed E-state index contributed by atoms with van der Waals surface area (Å²) in [7, 11) is 0. The van der Waals surface area contributed by atoms with E-state index in [2.05, 4.69) is 15.9 Å². The van der Waals surface area contributed by atoms with E-state index in [0.29, 0.717) is 27.1 Å². The highest BCUT2D eigenvalue weighted by Crippen LogP contribution is 2.34. The third-order valence-electron chi connectivity index (χ3n) is 4.89. The van der Waals surface area contributed by atoms with Crippen LogP contribution >= 0.6 is 27.3 Å². The second-order valence-corrected chi connectivity index (χ2v) is 9.78. The summed E-state index contributed by atoms with van der Waals surface area (Å²) < 4.78 is 44.3. The average Bonchev–Trinajstić information content (AvgIpc) is 3.23. The van der Waals surface area contributed by atoms with Gasteiger partial charge in [0.2, 0.25) is 0 Å². The van der Waals surface area contributed by atoms with Crippen molar-refractivity contribution in [2.75, 3.05) is 0 Å². The minimum absolute atomic E-state index is 0.0679. The van der Waals surface area contributed by atoms with Gasteiger partial charge in [0.25, 0.3) is 0 Å². The molecular weight excluding hydrogens is 521 g/mol. The van der Waals surface area contributed by atoms with E-state index in [9.17, 15) is 27.9 Å². The quantitative estimate of drug-likeness (QED) is 0.305. The number of carbonyl (C=O) groups excluding carboxylic acids is 1. The lowest BCUT2D eigenvalue weighted by Crippen LogP contribution is -2.37. The van der Waals surface area contributed by atoms with Gasteiger partial charge in [0.1, 0.15) is 5.75 Å². The third kappa shape index (κ3) is 6.23. The summed E-state index contributed by atoms with van der Waals surface area (Å²) in [4.78, 5) is 25.1. The molecule has 0 bridgehead atoms. The van der Waals surface area contributed by atoms with Crippen LogP contribution in [0.1, 0.15) is 41.1 Å². The van der Waals surface area contributed by atoms with Crippen LogP contribution in [0.2, 0.25) is 0 Å². The van der Waals surface area contributed by atoms with Gasteiger partial charge in [-0.05, 0) is 83.7 Å². The van der Waals surface area contributed by atoms with Gasteiger partial charge in [0, 0.05) is 11.3 Å². The van der Waals surface area contributed by atoms with Crippen LogP contribution in [0.5, 0.6) is 5.75 Å². The number of ketones is 1. The summed E-state index contributed by atoms with van der Waals surface area (Å²) >= 11 is 4.62. The second-order valence-electron chi connectivity index (χ2n) is 7.84. The molecule has 0 spiro atoms. The second kappa shape index (κ2) is 9.69. The highest BCUT2D eigenvalue weighted by Gasteiger charge is 2.31. The molecule has 0 unspecified atom stereocenters. The number of halogens is 4. The Balaban J connectivity index is 1.63. The van der Waals surface area contributed by atoms with Gasteiger partial charge >= 0.3 is 12.1 Å². The van der Waals surface area contributed by atoms with E-state index >= 15 is 0 Å². The van der Waals surface area contributed by atoms with Crippen LogP contribution in [0, 0.1) is 0 Å². The SMILES string of the molecule is CC(C)(Oc1ccc(CCC(=O)c2ccc(-c3ccc(C(F)(F)F)cc3)s2)cc1Br)C(=O)O. The van der Waals surface area contributed by atoms with Crippen LogP contribution in [0.4, 0.5) is 13.2 Å². The van der Waals surface area contributed by atoms with E-state index < -0.39 is 23.3 Å². The molecule has 0 aliphatic carbocycles. The van der Waals surface area contributed by atoms with Crippen LogP contribution in [0.15, 0.2) is 59.1 Å². The highest BCUT2D eigenvalue weighted by atomic mass is 79.9. The number of carboxylic acids is 1. The summed E-state index contributed by atoms with van der Waals surface area (Å²) in [5.41, 5.74) is -0.608. The summed E-state index contributed by atoms with van der Waals surface area (Å²) in [6, 6.07) is 13.5. The van der Waals surface area contributed by atoms with Crippen molar-refractivity contribution in [3.05, 3.63) is 75.1 Å². The molecule has 0 aliphatic rings. The van der Waals surface area contributed by atoms with Crippen LogP contribution in [-0.2, 0) is 17.4 Å². The maximum Gasteiger partial charge on any atom is 0.416 e. The molecular formula is C24H20BrF3O4S. The fourth-order valence-electron chi connectivity index (χ4n) is 2.95. The third-order valence-corrected chi connectivity index (χ3v) is 6.69. The van der Waals surface area contributed by atoms with Gasteiger partial charge in [-0.2, -0.15) is 13.2 Å². The molecule has 4 nitrogen and oxygen atoms in total. The van der Waals surface area contributed by atoms with E-state index in [0.717, 1.165) is 22.6 Å². The zero-order chi connectivity index (χ0) is 24.4. The molecule has 0 atom stereocenters. The van der Waals surface area contributed by atoms with Crippen molar-refractivity contribution in [3.63, 3.8) is 0 Å². The zero-order valence-corrected chi connectivity index (χ0v) is 20.1. The van der Waals surface area contributed by atoms with Gasteiger partial charge in [-0.15, -0.1) is 11.3 Å². The predicted octanol–water partition coefficient (Wildman–Crippen LogP) is 7.25. The fraction of sp³-hybridized carbons (Fsp3) is 0.250. The molecule has 0 aliphatic heterocycles. The van der Waals surface area contributed by atoms with Gasteiger partial charge in [0.15, 0.2) is 11.4 Å².